The molecule has 1 N–H and O–H groups in total. The van der Waals surface area contributed by atoms with Crippen LogP contribution in [0.5, 0.6) is 5.75 Å². The Kier molecular flexibility index (Phi) is 6.33. The molecule has 0 spiro atoms. The van der Waals surface area contributed by atoms with Crippen LogP contribution in [-0.4, -0.2) is 34.5 Å². The molecule has 8 heteroatoms. The Morgan fingerprint density at radius 3 is 2.38 bits per heavy atom. The lowest BCUT2D eigenvalue weighted by Gasteiger charge is -2.21. The van der Waals surface area contributed by atoms with Gasteiger partial charge in [-0.2, -0.15) is 0 Å². The van der Waals surface area contributed by atoms with Gasteiger partial charge in [-0.15, -0.1) is 0 Å². The maximum Gasteiger partial charge on any atom is 0.240 e. The molecule has 0 radical (unpaired) electrons. The lowest BCUT2D eigenvalue weighted by atomic mass is 10.2. The van der Waals surface area contributed by atoms with E-state index >= 15 is 0 Å². The van der Waals surface area contributed by atoms with E-state index in [1.165, 1.54) is 24.8 Å². The summed E-state index contributed by atoms with van der Waals surface area (Å²) in [5.41, 5.74) is 0.950. The maximum atomic E-state index is 13.2. The lowest BCUT2D eigenvalue weighted by Crippen LogP contribution is -2.37. The number of halogens is 1. The molecule has 140 valence electrons. The number of hydrogen-bond acceptors (Lipinski definition) is 4. The highest BCUT2D eigenvalue weighted by molar-refractivity contribution is 7.89. The SMILES string of the molecule is COc1ccc(N(CCNS(=O)(=O)c2ccc(F)cc2C)C(C)=O)cc1. The minimum Gasteiger partial charge on any atom is -0.497 e. The summed E-state index contributed by atoms with van der Waals surface area (Å²) in [4.78, 5) is 13.4. The van der Waals surface area contributed by atoms with Crippen LogP contribution in [0, 0.1) is 12.7 Å². The number of rotatable bonds is 7. The zero-order valence-corrected chi connectivity index (χ0v) is 15.6. The number of ether oxygens (including phenoxy) is 1. The first-order valence-electron chi connectivity index (χ1n) is 7.92. The van der Waals surface area contributed by atoms with Crippen LogP contribution in [0.3, 0.4) is 0 Å². The first kappa shape index (κ1) is 19.9. The van der Waals surface area contributed by atoms with Gasteiger partial charge in [0.15, 0.2) is 0 Å². The van der Waals surface area contributed by atoms with Gasteiger partial charge in [-0.3, -0.25) is 4.79 Å². The standard InChI is InChI=1S/C18H21FN2O4S/c1-13-12-15(19)4-9-18(13)26(23,24)20-10-11-21(14(2)22)16-5-7-17(25-3)8-6-16/h4-9,12,20H,10-11H2,1-3H3. The summed E-state index contributed by atoms with van der Waals surface area (Å²) in [7, 11) is -2.25. The Bertz CT molecular complexity index is 883. The van der Waals surface area contributed by atoms with Gasteiger partial charge >= 0.3 is 0 Å². The van der Waals surface area contributed by atoms with Crippen LogP contribution >= 0.6 is 0 Å². The van der Waals surface area contributed by atoms with E-state index in [4.69, 9.17) is 4.74 Å². The molecule has 0 saturated carbocycles. The van der Waals surface area contributed by atoms with Crippen LogP contribution in [0.2, 0.25) is 0 Å². The summed E-state index contributed by atoms with van der Waals surface area (Å²) in [6.07, 6.45) is 0. The smallest absolute Gasteiger partial charge is 0.240 e. The van der Waals surface area contributed by atoms with Crippen molar-refractivity contribution in [2.75, 3.05) is 25.1 Å². The fourth-order valence-electron chi connectivity index (χ4n) is 2.51. The van der Waals surface area contributed by atoms with Gasteiger partial charge in [-0.25, -0.2) is 17.5 Å². The Labute approximate surface area is 152 Å². The lowest BCUT2D eigenvalue weighted by molar-refractivity contribution is -0.116. The molecule has 2 aromatic rings. The minimum atomic E-state index is -3.80. The summed E-state index contributed by atoms with van der Waals surface area (Å²) in [5, 5.41) is 0. The highest BCUT2D eigenvalue weighted by atomic mass is 32.2. The van der Waals surface area contributed by atoms with E-state index in [1.807, 2.05) is 0 Å². The zero-order chi connectivity index (χ0) is 19.3. The molecule has 26 heavy (non-hydrogen) atoms. The molecule has 0 saturated heterocycles. The molecule has 2 rings (SSSR count). The van der Waals surface area contributed by atoms with Gasteiger partial charge < -0.3 is 9.64 Å². The molecular weight excluding hydrogens is 359 g/mol. The van der Waals surface area contributed by atoms with Gasteiger partial charge in [0.25, 0.3) is 0 Å². The Morgan fingerprint density at radius 2 is 1.85 bits per heavy atom. The topological polar surface area (TPSA) is 75.7 Å². The molecule has 0 aromatic heterocycles. The number of methoxy groups -OCH3 is 1. The zero-order valence-electron chi connectivity index (χ0n) is 14.8. The first-order valence-corrected chi connectivity index (χ1v) is 9.41. The van der Waals surface area contributed by atoms with Crippen LogP contribution in [0.25, 0.3) is 0 Å². The van der Waals surface area contributed by atoms with Crippen molar-refractivity contribution in [1.29, 1.82) is 0 Å². The van der Waals surface area contributed by atoms with E-state index in [9.17, 15) is 17.6 Å². The second kappa shape index (κ2) is 8.29. The van der Waals surface area contributed by atoms with Crippen LogP contribution in [0.4, 0.5) is 10.1 Å². The van der Waals surface area contributed by atoms with Crippen molar-refractivity contribution in [2.24, 2.45) is 0 Å². The number of amides is 1. The molecule has 0 fully saturated rings. The first-order chi connectivity index (χ1) is 12.2. The number of benzene rings is 2. The second-order valence-electron chi connectivity index (χ2n) is 5.68. The number of anilines is 1. The predicted molar refractivity (Wildman–Crippen MR) is 97.3 cm³/mol. The Hall–Kier alpha value is -2.45. The normalized spacial score (nSPS) is 11.2. The fourth-order valence-corrected chi connectivity index (χ4v) is 3.76. The van der Waals surface area contributed by atoms with E-state index in [2.05, 4.69) is 4.72 Å². The molecule has 2 aromatic carbocycles. The van der Waals surface area contributed by atoms with E-state index in [0.29, 0.717) is 17.0 Å². The molecular formula is C18H21FN2O4S. The highest BCUT2D eigenvalue weighted by Gasteiger charge is 2.18. The summed E-state index contributed by atoms with van der Waals surface area (Å²) >= 11 is 0. The van der Waals surface area contributed by atoms with Crippen molar-refractivity contribution in [3.8, 4) is 5.75 Å². The average Bonchev–Trinajstić information content (AvgIpc) is 2.58. The Morgan fingerprint density at radius 1 is 1.19 bits per heavy atom. The van der Waals surface area contributed by atoms with Crippen LogP contribution in [0.1, 0.15) is 12.5 Å². The monoisotopic (exact) mass is 380 g/mol. The number of nitrogens with zero attached hydrogens (tertiary/aromatic N) is 1. The molecule has 0 atom stereocenters. The van der Waals surface area contributed by atoms with Crippen molar-refractivity contribution in [3.63, 3.8) is 0 Å². The maximum absolute atomic E-state index is 13.2. The molecule has 6 nitrogen and oxygen atoms in total. The van der Waals surface area contributed by atoms with Gasteiger partial charge in [0, 0.05) is 25.7 Å². The van der Waals surface area contributed by atoms with Gasteiger partial charge in [0.2, 0.25) is 15.9 Å². The number of nitrogens with one attached hydrogen (secondary N) is 1. The summed E-state index contributed by atoms with van der Waals surface area (Å²) in [6.45, 7) is 3.10. The number of aryl methyl sites for hydroxylation is 1. The highest BCUT2D eigenvalue weighted by Crippen LogP contribution is 2.19. The van der Waals surface area contributed by atoms with E-state index in [-0.39, 0.29) is 23.9 Å². The molecule has 0 aliphatic rings. The summed E-state index contributed by atoms with van der Waals surface area (Å²) in [6, 6.07) is 10.4. The van der Waals surface area contributed by atoms with Gasteiger partial charge in [-0.1, -0.05) is 0 Å². The number of sulfonamides is 1. The number of hydrogen-bond donors (Lipinski definition) is 1. The second-order valence-corrected chi connectivity index (χ2v) is 7.41. The molecule has 0 bridgehead atoms. The van der Waals surface area contributed by atoms with Gasteiger partial charge in [-0.05, 0) is 55.0 Å². The summed E-state index contributed by atoms with van der Waals surface area (Å²) < 4.78 is 45.4. The number of carbonyl (C=O) groups is 1. The van der Waals surface area contributed by atoms with Crippen molar-refractivity contribution >= 4 is 21.6 Å². The van der Waals surface area contributed by atoms with Crippen LogP contribution < -0.4 is 14.4 Å². The van der Waals surface area contributed by atoms with Crippen LogP contribution in [-0.2, 0) is 14.8 Å². The van der Waals surface area contributed by atoms with E-state index in [1.54, 1.807) is 31.4 Å². The molecule has 1 amide bonds. The van der Waals surface area contributed by atoms with Crippen molar-refractivity contribution in [2.45, 2.75) is 18.7 Å². The molecule has 0 aliphatic heterocycles. The van der Waals surface area contributed by atoms with Crippen molar-refractivity contribution in [1.82, 2.24) is 4.72 Å². The van der Waals surface area contributed by atoms with Gasteiger partial charge in [0.1, 0.15) is 11.6 Å². The summed E-state index contributed by atoms with van der Waals surface area (Å²) in [5.74, 6) is -0.0548. The third-order valence-corrected chi connectivity index (χ3v) is 5.44. The fraction of sp³-hybridized carbons (Fsp3) is 0.278. The third kappa shape index (κ3) is 4.80. The minimum absolute atomic E-state index is 0.0118. The third-order valence-electron chi connectivity index (χ3n) is 3.82. The Balaban J connectivity index is 2.08. The van der Waals surface area contributed by atoms with Gasteiger partial charge in [0.05, 0.1) is 12.0 Å². The molecule has 0 aliphatic carbocycles. The van der Waals surface area contributed by atoms with E-state index < -0.39 is 15.8 Å². The molecule has 0 heterocycles. The quantitative estimate of drug-likeness (QED) is 0.801. The average molecular weight is 380 g/mol. The van der Waals surface area contributed by atoms with Crippen molar-refractivity contribution < 1.29 is 22.3 Å². The van der Waals surface area contributed by atoms with Crippen molar-refractivity contribution in [3.05, 3.63) is 53.8 Å². The largest absolute Gasteiger partial charge is 0.497 e. The van der Waals surface area contributed by atoms with Crippen LogP contribution in [0.15, 0.2) is 47.4 Å². The van der Waals surface area contributed by atoms with E-state index in [0.717, 1.165) is 12.1 Å². The molecule has 0 unspecified atom stereocenters. The predicted octanol–water partition coefficient (Wildman–Crippen LogP) is 2.47. The number of carbonyl (C=O) groups excluding carboxylic acids is 1.